The third-order valence-electron chi connectivity index (χ3n) is 5.39. The summed E-state index contributed by atoms with van der Waals surface area (Å²) >= 11 is 0. The van der Waals surface area contributed by atoms with Crippen molar-refractivity contribution in [2.75, 3.05) is 6.61 Å². The fraction of sp³-hybridized carbons (Fsp3) is 0.458. The molecule has 0 spiro atoms. The van der Waals surface area contributed by atoms with Crippen LogP contribution in [0.4, 0.5) is 5.69 Å². The molecule has 0 saturated carbocycles. The fourth-order valence-electron chi connectivity index (χ4n) is 3.66. The first-order chi connectivity index (χ1) is 15.1. The van der Waals surface area contributed by atoms with Crippen LogP contribution in [0, 0.1) is 10.1 Å². The molecule has 7 nitrogen and oxygen atoms in total. The van der Waals surface area contributed by atoms with E-state index < -0.39 is 10.9 Å². The molecular formula is C24H29NO6. The van der Waals surface area contributed by atoms with E-state index in [0.29, 0.717) is 19.6 Å². The number of hydrogen-bond acceptors (Lipinski definition) is 6. The van der Waals surface area contributed by atoms with Gasteiger partial charge in [0.2, 0.25) is 0 Å². The van der Waals surface area contributed by atoms with Gasteiger partial charge >= 0.3 is 5.97 Å². The molecule has 1 aliphatic rings. The number of nitro groups is 1. The first kappa shape index (κ1) is 22.9. The van der Waals surface area contributed by atoms with Gasteiger partial charge < -0.3 is 14.2 Å². The van der Waals surface area contributed by atoms with Crippen molar-refractivity contribution in [1.29, 1.82) is 0 Å². The molecule has 1 heterocycles. The van der Waals surface area contributed by atoms with Gasteiger partial charge in [-0.25, -0.2) is 4.79 Å². The lowest BCUT2D eigenvalue weighted by Gasteiger charge is -2.23. The Hall–Kier alpha value is -2.77. The van der Waals surface area contributed by atoms with E-state index >= 15 is 0 Å². The van der Waals surface area contributed by atoms with Crippen LogP contribution >= 0.6 is 0 Å². The lowest BCUT2D eigenvalue weighted by Crippen LogP contribution is -2.29. The van der Waals surface area contributed by atoms with Gasteiger partial charge in [-0.3, -0.25) is 10.1 Å². The number of benzene rings is 2. The molecule has 1 fully saturated rings. The summed E-state index contributed by atoms with van der Waals surface area (Å²) in [7, 11) is 0. The summed E-state index contributed by atoms with van der Waals surface area (Å²) in [5.74, 6) is -0.503. The summed E-state index contributed by atoms with van der Waals surface area (Å²) in [6.07, 6.45) is 4.25. The quantitative estimate of drug-likeness (QED) is 0.215. The predicted molar refractivity (Wildman–Crippen MR) is 116 cm³/mol. The molecule has 0 amide bonds. The van der Waals surface area contributed by atoms with Crippen LogP contribution in [0.5, 0.6) is 0 Å². The molecule has 0 bridgehead atoms. The summed E-state index contributed by atoms with van der Waals surface area (Å²) in [5, 5.41) is 10.8. The van der Waals surface area contributed by atoms with Crippen LogP contribution in [-0.2, 0) is 20.8 Å². The minimum atomic E-state index is -0.503. The van der Waals surface area contributed by atoms with Crippen molar-refractivity contribution >= 4 is 11.7 Å². The van der Waals surface area contributed by atoms with Gasteiger partial charge in [-0.05, 0) is 24.1 Å². The third kappa shape index (κ3) is 6.87. The molecule has 1 aliphatic heterocycles. The average molecular weight is 427 g/mol. The molecule has 0 aromatic heterocycles. The second-order valence-corrected chi connectivity index (χ2v) is 7.77. The van der Waals surface area contributed by atoms with E-state index in [-0.39, 0.29) is 29.6 Å². The number of carbonyl (C=O) groups excluding carboxylic acids is 1. The van der Waals surface area contributed by atoms with Crippen LogP contribution < -0.4 is 0 Å². The molecule has 0 N–H and O–H groups in total. The van der Waals surface area contributed by atoms with Gasteiger partial charge in [-0.2, -0.15) is 0 Å². The van der Waals surface area contributed by atoms with Crippen molar-refractivity contribution in [3.8, 4) is 0 Å². The molecule has 0 radical (unpaired) electrons. The first-order valence-electron chi connectivity index (χ1n) is 10.8. The topological polar surface area (TPSA) is 87.9 Å². The zero-order valence-corrected chi connectivity index (χ0v) is 17.8. The molecular weight excluding hydrogens is 398 g/mol. The van der Waals surface area contributed by atoms with Crippen LogP contribution in [-0.4, -0.2) is 35.8 Å². The second-order valence-electron chi connectivity index (χ2n) is 7.77. The van der Waals surface area contributed by atoms with Gasteiger partial charge in [-0.1, -0.05) is 56.5 Å². The van der Waals surface area contributed by atoms with Gasteiger partial charge in [0, 0.05) is 18.6 Å². The molecule has 2 aromatic rings. The average Bonchev–Trinajstić information content (AvgIpc) is 3.25. The van der Waals surface area contributed by atoms with Crippen molar-refractivity contribution in [2.45, 2.75) is 63.9 Å². The minimum Gasteiger partial charge on any atom is -0.456 e. The lowest BCUT2D eigenvalue weighted by atomic mass is 10.0. The zero-order chi connectivity index (χ0) is 22.1. The SMILES string of the molecule is CCCCC[C@@H](OCc1ccccc1)[C@H]1C[C@H](OC(=O)c2ccc([N+](=O)[O-])cc2)CO1. The summed E-state index contributed by atoms with van der Waals surface area (Å²) in [6.45, 7) is 3.01. The molecule has 3 atom stereocenters. The summed E-state index contributed by atoms with van der Waals surface area (Å²) in [4.78, 5) is 22.7. The van der Waals surface area contributed by atoms with Crippen LogP contribution in [0.15, 0.2) is 54.6 Å². The summed E-state index contributed by atoms with van der Waals surface area (Å²) in [5.41, 5.74) is 1.34. The standard InChI is InChI=1S/C24H29NO6/c1-2-3-5-10-22(29-16-18-8-6-4-7-9-18)23-15-21(17-30-23)31-24(26)19-11-13-20(14-12-19)25(27)28/h4,6-9,11-14,21-23H,2-3,5,10,15-17H2,1H3/t21-,22+,23+/m0/s1. The molecule has 2 aromatic carbocycles. The van der Waals surface area contributed by atoms with Gasteiger partial charge in [0.1, 0.15) is 6.10 Å². The number of unbranched alkanes of at least 4 members (excludes halogenated alkanes) is 2. The maximum atomic E-state index is 12.4. The molecule has 0 aliphatic carbocycles. The number of rotatable bonds is 11. The normalized spacial score (nSPS) is 19.1. The predicted octanol–water partition coefficient (Wildman–Crippen LogP) is 5.07. The van der Waals surface area contributed by atoms with Crippen LogP contribution in [0.1, 0.15) is 54.9 Å². The van der Waals surface area contributed by atoms with Gasteiger partial charge in [0.05, 0.1) is 35.9 Å². The second kappa shape index (κ2) is 11.6. The Morgan fingerprint density at radius 1 is 1.16 bits per heavy atom. The molecule has 1 saturated heterocycles. The molecule has 0 unspecified atom stereocenters. The highest BCUT2D eigenvalue weighted by Gasteiger charge is 2.34. The largest absolute Gasteiger partial charge is 0.456 e. The monoisotopic (exact) mass is 427 g/mol. The highest BCUT2D eigenvalue weighted by molar-refractivity contribution is 5.89. The van der Waals surface area contributed by atoms with Crippen molar-refractivity contribution < 1.29 is 23.9 Å². The summed E-state index contributed by atoms with van der Waals surface area (Å²) in [6, 6.07) is 15.4. The minimum absolute atomic E-state index is 0.0603. The fourth-order valence-corrected chi connectivity index (χ4v) is 3.66. The van der Waals surface area contributed by atoms with E-state index in [1.54, 1.807) is 0 Å². The maximum Gasteiger partial charge on any atom is 0.338 e. The Labute approximate surface area is 182 Å². The highest BCUT2D eigenvalue weighted by atomic mass is 16.6. The highest BCUT2D eigenvalue weighted by Crippen LogP contribution is 2.26. The Bertz CT molecular complexity index is 839. The number of nitro benzene ring substituents is 1. The first-order valence-corrected chi connectivity index (χ1v) is 10.8. The number of ether oxygens (including phenoxy) is 3. The Morgan fingerprint density at radius 3 is 2.58 bits per heavy atom. The van der Waals surface area contributed by atoms with Crippen molar-refractivity contribution in [1.82, 2.24) is 0 Å². The smallest absolute Gasteiger partial charge is 0.338 e. The molecule has 3 rings (SSSR count). The Balaban J connectivity index is 1.54. The number of nitrogens with zero attached hydrogens (tertiary/aromatic N) is 1. The summed E-state index contributed by atoms with van der Waals surface area (Å²) < 4.78 is 17.7. The van der Waals surface area contributed by atoms with E-state index in [9.17, 15) is 14.9 Å². The lowest BCUT2D eigenvalue weighted by molar-refractivity contribution is -0.384. The van der Waals surface area contributed by atoms with Crippen molar-refractivity contribution in [3.63, 3.8) is 0 Å². The third-order valence-corrected chi connectivity index (χ3v) is 5.39. The number of esters is 1. The number of hydrogen-bond donors (Lipinski definition) is 0. The van der Waals surface area contributed by atoms with Crippen LogP contribution in [0.2, 0.25) is 0 Å². The van der Waals surface area contributed by atoms with Crippen LogP contribution in [0.25, 0.3) is 0 Å². The van der Waals surface area contributed by atoms with Gasteiger partial charge in [0.25, 0.3) is 5.69 Å². The number of non-ortho nitro benzene ring substituents is 1. The van der Waals surface area contributed by atoms with Crippen LogP contribution in [0.3, 0.4) is 0 Å². The number of carbonyl (C=O) groups is 1. The molecule has 7 heteroatoms. The van der Waals surface area contributed by atoms with E-state index in [0.717, 1.165) is 31.2 Å². The van der Waals surface area contributed by atoms with E-state index in [1.807, 2.05) is 30.3 Å². The Kier molecular flexibility index (Phi) is 8.55. The van der Waals surface area contributed by atoms with Gasteiger partial charge in [-0.15, -0.1) is 0 Å². The molecule has 166 valence electrons. The zero-order valence-electron chi connectivity index (χ0n) is 17.8. The van der Waals surface area contributed by atoms with E-state index in [2.05, 4.69) is 6.92 Å². The van der Waals surface area contributed by atoms with Crippen molar-refractivity contribution in [2.24, 2.45) is 0 Å². The van der Waals surface area contributed by atoms with Crippen molar-refractivity contribution in [3.05, 3.63) is 75.8 Å². The van der Waals surface area contributed by atoms with Gasteiger partial charge in [0.15, 0.2) is 0 Å². The van der Waals surface area contributed by atoms with E-state index in [1.165, 1.54) is 24.3 Å². The molecule has 31 heavy (non-hydrogen) atoms. The van der Waals surface area contributed by atoms with E-state index in [4.69, 9.17) is 14.2 Å². The maximum absolute atomic E-state index is 12.4. The Morgan fingerprint density at radius 2 is 1.90 bits per heavy atom.